The Morgan fingerprint density at radius 2 is 2.14 bits per heavy atom. The molecule has 0 unspecified atom stereocenters. The maximum absolute atomic E-state index is 13.0. The molecular weight excluding hydrogens is 372 g/mol. The summed E-state index contributed by atoms with van der Waals surface area (Å²) in [7, 11) is 1.95. The highest BCUT2D eigenvalue weighted by molar-refractivity contribution is 6.30. The first kappa shape index (κ1) is 20.8. The number of halogens is 1. The van der Waals surface area contributed by atoms with Crippen molar-refractivity contribution in [2.24, 2.45) is 5.92 Å². The lowest BCUT2D eigenvalue weighted by atomic mass is 9.94. The average molecular weight is 401 g/mol. The SMILES string of the molecule is CN[C@@H](CNC(=O)c1ccc(C)cc1-c1cccc(Cl)c1)C[C@H]1CCCOC1. The minimum atomic E-state index is -0.0601. The first-order valence-corrected chi connectivity index (χ1v) is 10.3. The maximum atomic E-state index is 13.0. The van der Waals surface area contributed by atoms with Gasteiger partial charge < -0.3 is 15.4 Å². The summed E-state index contributed by atoms with van der Waals surface area (Å²) in [6.07, 6.45) is 3.33. The third kappa shape index (κ3) is 5.57. The summed E-state index contributed by atoms with van der Waals surface area (Å²) in [6, 6.07) is 13.8. The van der Waals surface area contributed by atoms with E-state index in [1.807, 2.05) is 56.4 Å². The van der Waals surface area contributed by atoms with Crippen LogP contribution < -0.4 is 10.6 Å². The van der Waals surface area contributed by atoms with Gasteiger partial charge in [-0.25, -0.2) is 0 Å². The normalized spacial score (nSPS) is 17.9. The molecule has 1 heterocycles. The molecule has 0 aliphatic carbocycles. The largest absolute Gasteiger partial charge is 0.381 e. The Hall–Kier alpha value is -1.88. The van der Waals surface area contributed by atoms with Gasteiger partial charge in [-0.2, -0.15) is 0 Å². The zero-order chi connectivity index (χ0) is 19.9. The Morgan fingerprint density at radius 3 is 2.86 bits per heavy atom. The number of hydrogen-bond donors (Lipinski definition) is 2. The van der Waals surface area contributed by atoms with Crippen molar-refractivity contribution in [1.82, 2.24) is 10.6 Å². The molecule has 2 N–H and O–H groups in total. The van der Waals surface area contributed by atoms with E-state index >= 15 is 0 Å². The molecular formula is C23H29ClN2O2. The number of carbonyl (C=O) groups is 1. The molecule has 1 amide bonds. The first-order valence-electron chi connectivity index (χ1n) is 9.96. The summed E-state index contributed by atoms with van der Waals surface area (Å²) in [5.41, 5.74) is 3.63. The molecule has 1 aliphatic rings. The zero-order valence-electron chi connectivity index (χ0n) is 16.6. The Labute approximate surface area is 172 Å². The van der Waals surface area contributed by atoms with Crippen LogP contribution in [0.1, 0.15) is 35.2 Å². The number of amides is 1. The van der Waals surface area contributed by atoms with Gasteiger partial charge in [-0.3, -0.25) is 4.79 Å². The third-order valence-electron chi connectivity index (χ3n) is 5.35. The van der Waals surface area contributed by atoms with Gasteiger partial charge in [0.15, 0.2) is 0 Å². The summed E-state index contributed by atoms with van der Waals surface area (Å²) < 4.78 is 5.58. The van der Waals surface area contributed by atoms with Crippen molar-refractivity contribution < 1.29 is 9.53 Å². The van der Waals surface area contributed by atoms with Crippen LogP contribution in [0.25, 0.3) is 11.1 Å². The van der Waals surface area contributed by atoms with Crippen LogP contribution in [-0.2, 0) is 4.74 Å². The summed E-state index contributed by atoms with van der Waals surface area (Å²) in [4.78, 5) is 13.0. The monoisotopic (exact) mass is 400 g/mol. The van der Waals surface area contributed by atoms with E-state index in [1.165, 1.54) is 6.42 Å². The quantitative estimate of drug-likeness (QED) is 0.721. The van der Waals surface area contributed by atoms with Gasteiger partial charge in [0.05, 0.1) is 0 Å². The van der Waals surface area contributed by atoms with Crippen molar-refractivity contribution in [3.63, 3.8) is 0 Å². The molecule has 2 atom stereocenters. The number of benzene rings is 2. The van der Waals surface area contributed by atoms with Crippen LogP contribution in [0.5, 0.6) is 0 Å². The van der Waals surface area contributed by atoms with Gasteiger partial charge in [-0.15, -0.1) is 0 Å². The van der Waals surface area contributed by atoms with Crippen molar-refractivity contribution in [2.45, 2.75) is 32.2 Å². The summed E-state index contributed by atoms with van der Waals surface area (Å²) in [5, 5.41) is 7.10. The van der Waals surface area contributed by atoms with Crippen molar-refractivity contribution in [2.75, 3.05) is 26.8 Å². The molecule has 0 bridgehead atoms. The standard InChI is InChI=1S/C23H29ClN2O2/c1-16-8-9-21(22(11-16)18-6-3-7-19(24)13-18)23(27)26-14-20(25-2)12-17-5-4-10-28-15-17/h3,6-9,11,13,17,20,25H,4-5,10,12,14-15H2,1-2H3,(H,26,27)/t17-,20-/m1/s1. The molecule has 1 saturated heterocycles. The lowest BCUT2D eigenvalue weighted by molar-refractivity contribution is 0.0478. The number of likely N-dealkylation sites (N-methyl/N-ethyl adjacent to an activating group) is 1. The second-order valence-electron chi connectivity index (χ2n) is 7.57. The Morgan fingerprint density at radius 1 is 1.29 bits per heavy atom. The summed E-state index contributed by atoms with van der Waals surface area (Å²) in [5.74, 6) is 0.500. The highest BCUT2D eigenvalue weighted by atomic mass is 35.5. The molecule has 4 nitrogen and oxygen atoms in total. The molecule has 150 valence electrons. The second kappa shape index (κ2) is 10.1. The lowest BCUT2D eigenvalue weighted by Crippen LogP contribution is -2.41. The van der Waals surface area contributed by atoms with Gasteiger partial charge in [0.25, 0.3) is 5.91 Å². The van der Waals surface area contributed by atoms with E-state index < -0.39 is 0 Å². The Kier molecular flexibility index (Phi) is 7.49. The molecule has 28 heavy (non-hydrogen) atoms. The molecule has 2 aromatic carbocycles. The van der Waals surface area contributed by atoms with Gasteiger partial charge in [0, 0.05) is 36.4 Å². The van der Waals surface area contributed by atoms with Gasteiger partial charge in [0.1, 0.15) is 0 Å². The van der Waals surface area contributed by atoms with Crippen LogP contribution in [-0.4, -0.2) is 38.8 Å². The maximum Gasteiger partial charge on any atom is 0.251 e. The molecule has 2 aromatic rings. The van der Waals surface area contributed by atoms with Crippen LogP contribution in [0, 0.1) is 12.8 Å². The van der Waals surface area contributed by atoms with E-state index in [2.05, 4.69) is 10.6 Å². The highest BCUT2D eigenvalue weighted by Crippen LogP contribution is 2.27. The summed E-state index contributed by atoms with van der Waals surface area (Å²) >= 11 is 6.16. The van der Waals surface area contributed by atoms with Crippen LogP contribution >= 0.6 is 11.6 Å². The summed E-state index contributed by atoms with van der Waals surface area (Å²) in [6.45, 7) is 4.31. The fourth-order valence-corrected chi connectivity index (χ4v) is 3.95. The fourth-order valence-electron chi connectivity index (χ4n) is 3.76. The Bertz CT molecular complexity index is 803. The highest BCUT2D eigenvalue weighted by Gasteiger charge is 2.20. The van der Waals surface area contributed by atoms with E-state index in [0.29, 0.717) is 23.0 Å². The fraction of sp³-hybridized carbons (Fsp3) is 0.435. The molecule has 3 rings (SSSR count). The minimum absolute atomic E-state index is 0.0601. The van der Waals surface area contributed by atoms with E-state index in [1.54, 1.807) is 0 Å². The Balaban J connectivity index is 1.70. The average Bonchev–Trinajstić information content (AvgIpc) is 2.71. The van der Waals surface area contributed by atoms with Crippen LogP contribution in [0.3, 0.4) is 0 Å². The molecule has 0 saturated carbocycles. The van der Waals surface area contributed by atoms with Gasteiger partial charge in [0.2, 0.25) is 0 Å². The molecule has 0 aromatic heterocycles. The number of ether oxygens (including phenoxy) is 1. The van der Waals surface area contributed by atoms with Crippen molar-refractivity contribution >= 4 is 17.5 Å². The van der Waals surface area contributed by atoms with Gasteiger partial charge >= 0.3 is 0 Å². The van der Waals surface area contributed by atoms with Crippen molar-refractivity contribution in [3.8, 4) is 11.1 Å². The molecule has 1 aliphatic heterocycles. The van der Waals surface area contributed by atoms with Crippen LogP contribution in [0.4, 0.5) is 0 Å². The van der Waals surface area contributed by atoms with E-state index in [-0.39, 0.29) is 11.9 Å². The first-order chi connectivity index (χ1) is 13.6. The van der Waals surface area contributed by atoms with Crippen LogP contribution in [0.15, 0.2) is 42.5 Å². The number of carbonyl (C=O) groups excluding carboxylic acids is 1. The predicted octanol–water partition coefficient (Wildman–Crippen LogP) is 4.45. The van der Waals surface area contributed by atoms with E-state index in [4.69, 9.17) is 16.3 Å². The number of hydrogen-bond acceptors (Lipinski definition) is 3. The molecule has 1 fully saturated rings. The van der Waals surface area contributed by atoms with E-state index in [0.717, 1.165) is 42.7 Å². The third-order valence-corrected chi connectivity index (χ3v) is 5.58. The molecule has 0 spiro atoms. The zero-order valence-corrected chi connectivity index (χ0v) is 17.4. The molecule has 5 heteroatoms. The molecule has 0 radical (unpaired) electrons. The van der Waals surface area contributed by atoms with Crippen molar-refractivity contribution in [1.29, 1.82) is 0 Å². The topological polar surface area (TPSA) is 50.4 Å². The number of aryl methyl sites for hydroxylation is 1. The minimum Gasteiger partial charge on any atom is -0.381 e. The van der Waals surface area contributed by atoms with Gasteiger partial charge in [-0.1, -0.05) is 41.4 Å². The second-order valence-corrected chi connectivity index (χ2v) is 8.01. The van der Waals surface area contributed by atoms with E-state index in [9.17, 15) is 4.79 Å². The number of rotatable bonds is 7. The lowest BCUT2D eigenvalue weighted by Gasteiger charge is -2.26. The van der Waals surface area contributed by atoms with Crippen LogP contribution in [0.2, 0.25) is 5.02 Å². The predicted molar refractivity (Wildman–Crippen MR) is 115 cm³/mol. The van der Waals surface area contributed by atoms with Gasteiger partial charge in [-0.05, 0) is 68.5 Å². The van der Waals surface area contributed by atoms with Crippen molar-refractivity contribution in [3.05, 3.63) is 58.6 Å². The smallest absolute Gasteiger partial charge is 0.251 e. The number of nitrogens with one attached hydrogen (secondary N) is 2.